The minimum atomic E-state index is 0.235. The molecule has 1 heterocycles. The Hall–Kier alpha value is -1.40. The standard InChI is InChI=1S/C13H25N5O/c1-6-7-11-15-12(17-14)10(3)13(16-11)18(4)9(2)8-19-5/h9H,6-8,14H2,1-5H3,(H,15,16,17). The van der Waals surface area contributed by atoms with Crippen LogP contribution in [0.3, 0.4) is 0 Å². The van der Waals surface area contributed by atoms with Gasteiger partial charge in [0.15, 0.2) is 0 Å². The number of hydrogen-bond donors (Lipinski definition) is 2. The van der Waals surface area contributed by atoms with Crippen LogP contribution in [0.4, 0.5) is 11.6 Å². The quantitative estimate of drug-likeness (QED) is 0.576. The second kappa shape index (κ2) is 7.25. The van der Waals surface area contributed by atoms with Crippen LogP contribution in [0, 0.1) is 6.92 Å². The summed E-state index contributed by atoms with van der Waals surface area (Å²) >= 11 is 0. The lowest BCUT2D eigenvalue weighted by atomic mass is 10.2. The number of nitrogens with two attached hydrogens (primary N) is 1. The van der Waals surface area contributed by atoms with E-state index in [1.165, 1.54) is 0 Å². The first-order valence-electron chi connectivity index (χ1n) is 6.61. The van der Waals surface area contributed by atoms with Crippen molar-refractivity contribution in [3.63, 3.8) is 0 Å². The fourth-order valence-corrected chi connectivity index (χ4v) is 1.93. The van der Waals surface area contributed by atoms with Crippen molar-refractivity contribution < 1.29 is 4.74 Å². The van der Waals surface area contributed by atoms with Gasteiger partial charge in [-0.1, -0.05) is 6.92 Å². The summed E-state index contributed by atoms with van der Waals surface area (Å²) in [5.74, 6) is 7.93. The highest BCUT2D eigenvalue weighted by molar-refractivity contribution is 5.58. The number of rotatable bonds is 7. The zero-order valence-corrected chi connectivity index (χ0v) is 12.5. The molecule has 0 saturated heterocycles. The van der Waals surface area contributed by atoms with E-state index in [1.54, 1.807) is 7.11 Å². The van der Waals surface area contributed by atoms with Crippen LogP contribution in [0.25, 0.3) is 0 Å². The lowest BCUT2D eigenvalue weighted by molar-refractivity contribution is 0.183. The third-order valence-corrected chi connectivity index (χ3v) is 3.18. The number of nitrogens with zero attached hydrogens (tertiary/aromatic N) is 3. The van der Waals surface area contributed by atoms with Gasteiger partial charge < -0.3 is 15.1 Å². The summed E-state index contributed by atoms with van der Waals surface area (Å²) in [7, 11) is 3.71. The first-order chi connectivity index (χ1) is 9.04. The molecule has 0 fully saturated rings. The van der Waals surface area contributed by atoms with E-state index in [0.29, 0.717) is 12.4 Å². The lowest BCUT2D eigenvalue weighted by Gasteiger charge is -2.27. The highest BCUT2D eigenvalue weighted by Crippen LogP contribution is 2.24. The van der Waals surface area contributed by atoms with Crippen LogP contribution in [-0.2, 0) is 11.2 Å². The lowest BCUT2D eigenvalue weighted by Crippen LogP contribution is -2.34. The van der Waals surface area contributed by atoms with Gasteiger partial charge in [-0.05, 0) is 20.3 Å². The number of methoxy groups -OCH3 is 1. The van der Waals surface area contributed by atoms with Crippen LogP contribution >= 0.6 is 0 Å². The van der Waals surface area contributed by atoms with Gasteiger partial charge in [0, 0.05) is 26.1 Å². The number of hydrogen-bond acceptors (Lipinski definition) is 6. The predicted molar refractivity (Wildman–Crippen MR) is 78.3 cm³/mol. The third kappa shape index (κ3) is 3.78. The minimum absolute atomic E-state index is 0.235. The van der Waals surface area contributed by atoms with Gasteiger partial charge in [0.1, 0.15) is 17.5 Å². The summed E-state index contributed by atoms with van der Waals surface area (Å²) in [6.45, 7) is 6.82. The molecule has 0 bridgehead atoms. The number of ether oxygens (including phenoxy) is 1. The average Bonchev–Trinajstić information content (AvgIpc) is 2.40. The Kier molecular flexibility index (Phi) is 5.98. The number of hydrazine groups is 1. The molecule has 1 rings (SSSR count). The first-order valence-corrected chi connectivity index (χ1v) is 6.61. The van der Waals surface area contributed by atoms with Gasteiger partial charge in [-0.3, -0.25) is 0 Å². The summed E-state index contributed by atoms with van der Waals surface area (Å²) in [6.07, 6.45) is 1.85. The highest BCUT2D eigenvalue weighted by atomic mass is 16.5. The Morgan fingerprint density at radius 2 is 2.11 bits per heavy atom. The van der Waals surface area contributed by atoms with Crippen LogP contribution in [0.1, 0.15) is 31.7 Å². The maximum atomic E-state index is 5.54. The van der Waals surface area contributed by atoms with E-state index in [0.717, 1.165) is 30.0 Å². The number of aromatic nitrogens is 2. The maximum absolute atomic E-state index is 5.54. The molecule has 6 heteroatoms. The number of aryl methyl sites for hydroxylation is 1. The summed E-state index contributed by atoms with van der Waals surface area (Å²) in [4.78, 5) is 11.2. The molecular weight excluding hydrogens is 242 g/mol. The Balaban J connectivity index is 3.13. The van der Waals surface area contributed by atoms with Crippen LogP contribution < -0.4 is 16.2 Å². The largest absolute Gasteiger partial charge is 0.383 e. The molecule has 0 aliphatic rings. The molecule has 1 atom stereocenters. The highest BCUT2D eigenvalue weighted by Gasteiger charge is 2.17. The van der Waals surface area contributed by atoms with Crippen LogP contribution in [0.2, 0.25) is 0 Å². The summed E-state index contributed by atoms with van der Waals surface area (Å²) in [5.41, 5.74) is 3.60. The Morgan fingerprint density at radius 1 is 1.42 bits per heavy atom. The molecule has 0 spiro atoms. The Bertz CT molecular complexity index is 410. The molecule has 0 aliphatic carbocycles. The molecule has 1 aromatic heterocycles. The average molecular weight is 267 g/mol. The van der Waals surface area contributed by atoms with Crippen LogP contribution in [0.5, 0.6) is 0 Å². The van der Waals surface area contributed by atoms with Crippen molar-refractivity contribution in [2.24, 2.45) is 5.84 Å². The van der Waals surface area contributed by atoms with E-state index in [-0.39, 0.29) is 6.04 Å². The molecule has 0 aliphatic heterocycles. The van der Waals surface area contributed by atoms with E-state index in [2.05, 4.69) is 34.1 Å². The molecule has 1 aromatic rings. The molecule has 6 nitrogen and oxygen atoms in total. The van der Waals surface area contributed by atoms with E-state index in [9.17, 15) is 0 Å². The molecule has 0 amide bonds. The minimum Gasteiger partial charge on any atom is -0.383 e. The Morgan fingerprint density at radius 3 is 2.63 bits per heavy atom. The Labute approximate surface area is 115 Å². The van der Waals surface area contributed by atoms with E-state index < -0.39 is 0 Å². The number of likely N-dealkylation sites (N-methyl/N-ethyl adjacent to an activating group) is 1. The zero-order valence-electron chi connectivity index (χ0n) is 12.5. The van der Waals surface area contributed by atoms with Crippen molar-refractivity contribution in [1.29, 1.82) is 0 Å². The third-order valence-electron chi connectivity index (χ3n) is 3.18. The zero-order chi connectivity index (χ0) is 14.4. The van der Waals surface area contributed by atoms with Crippen molar-refractivity contribution in [2.45, 2.75) is 39.7 Å². The van der Waals surface area contributed by atoms with Crippen molar-refractivity contribution in [1.82, 2.24) is 9.97 Å². The van der Waals surface area contributed by atoms with Gasteiger partial charge in [0.2, 0.25) is 0 Å². The SMILES string of the molecule is CCCc1nc(NN)c(C)c(N(C)C(C)COC)n1. The van der Waals surface area contributed by atoms with E-state index >= 15 is 0 Å². The molecule has 19 heavy (non-hydrogen) atoms. The summed E-state index contributed by atoms with van der Waals surface area (Å²) in [5, 5.41) is 0. The van der Waals surface area contributed by atoms with Crippen molar-refractivity contribution in [2.75, 3.05) is 31.1 Å². The molecule has 0 saturated carbocycles. The molecule has 0 radical (unpaired) electrons. The summed E-state index contributed by atoms with van der Waals surface area (Å²) in [6, 6.07) is 0.235. The molecular formula is C13H25N5O. The smallest absolute Gasteiger partial charge is 0.148 e. The summed E-state index contributed by atoms with van der Waals surface area (Å²) < 4.78 is 5.20. The maximum Gasteiger partial charge on any atom is 0.148 e. The number of anilines is 2. The van der Waals surface area contributed by atoms with Gasteiger partial charge >= 0.3 is 0 Å². The van der Waals surface area contributed by atoms with E-state index in [4.69, 9.17) is 10.6 Å². The van der Waals surface area contributed by atoms with Gasteiger partial charge in [-0.25, -0.2) is 15.8 Å². The van der Waals surface area contributed by atoms with Gasteiger partial charge in [0.25, 0.3) is 0 Å². The van der Waals surface area contributed by atoms with Gasteiger partial charge in [-0.15, -0.1) is 0 Å². The predicted octanol–water partition coefficient (Wildman–Crippen LogP) is 1.49. The number of nitrogens with one attached hydrogen (secondary N) is 1. The fraction of sp³-hybridized carbons (Fsp3) is 0.692. The second-order valence-electron chi connectivity index (χ2n) is 4.75. The second-order valence-corrected chi connectivity index (χ2v) is 4.75. The van der Waals surface area contributed by atoms with E-state index in [1.807, 2.05) is 14.0 Å². The molecule has 0 aromatic carbocycles. The van der Waals surface area contributed by atoms with Crippen LogP contribution in [-0.4, -0.2) is 36.8 Å². The van der Waals surface area contributed by atoms with Crippen molar-refractivity contribution in [3.05, 3.63) is 11.4 Å². The monoisotopic (exact) mass is 267 g/mol. The van der Waals surface area contributed by atoms with Crippen molar-refractivity contribution >= 4 is 11.6 Å². The molecule has 1 unspecified atom stereocenters. The number of nitrogen functional groups attached to an aromatic ring is 1. The fourth-order valence-electron chi connectivity index (χ4n) is 1.93. The molecule has 108 valence electrons. The molecule has 3 N–H and O–H groups in total. The first kappa shape index (κ1) is 15.7. The topological polar surface area (TPSA) is 76.3 Å². The normalized spacial score (nSPS) is 12.3. The van der Waals surface area contributed by atoms with Crippen LogP contribution in [0.15, 0.2) is 0 Å². The van der Waals surface area contributed by atoms with Gasteiger partial charge in [-0.2, -0.15) is 0 Å². The van der Waals surface area contributed by atoms with Gasteiger partial charge in [0.05, 0.1) is 12.6 Å². The van der Waals surface area contributed by atoms with Crippen molar-refractivity contribution in [3.8, 4) is 0 Å².